The predicted octanol–water partition coefficient (Wildman–Crippen LogP) is 12.7. The van der Waals surface area contributed by atoms with Gasteiger partial charge in [-0.1, -0.05) is 147 Å². The molecule has 10 rings (SSSR count). The van der Waals surface area contributed by atoms with Crippen LogP contribution in [0, 0.1) is 0 Å². The Bertz CT molecular complexity index is 2660. The molecule has 216 valence electrons. The van der Waals surface area contributed by atoms with E-state index in [-0.39, 0.29) is 5.41 Å². The summed E-state index contributed by atoms with van der Waals surface area (Å²) in [6, 6.07) is 53.3. The van der Waals surface area contributed by atoms with Gasteiger partial charge in [-0.25, -0.2) is 0 Å². The summed E-state index contributed by atoms with van der Waals surface area (Å²) in [7, 11) is 0. The third-order valence-electron chi connectivity index (χ3n) is 10.5. The summed E-state index contributed by atoms with van der Waals surface area (Å²) in [5, 5.41) is 9.83. The molecule has 0 saturated carbocycles. The maximum absolute atomic E-state index is 6.54. The van der Waals surface area contributed by atoms with Crippen LogP contribution in [0.25, 0.3) is 87.6 Å². The first-order chi connectivity index (χ1) is 22.6. The van der Waals surface area contributed by atoms with Gasteiger partial charge in [0, 0.05) is 16.2 Å². The van der Waals surface area contributed by atoms with E-state index in [9.17, 15) is 0 Å². The van der Waals surface area contributed by atoms with Crippen molar-refractivity contribution in [2.45, 2.75) is 19.3 Å². The highest BCUT2D eigenvalue weighted by Crippen LogP contribution is 2.55. The van der Waals surface area contributed by atoms with E-state index >= 15 is 0 Å². The van der Waals surface area contributed by atoms with Crippen molar-refractivity contribution in [1.82, 2.24) is 0 Å². The second-order valence-corrected chi connectivity index (χ2v) is 13.2. The number of benzene rings is 8. The molecule has 0 saturated heterocycles. The molecule has 0 fully saturated rings. The molecular weight excluding hydrogens is 556 g/mol. The zero-order valence-electron chi connectivity index (χ0n) is 25.8. The van der Waals surface area contributed by atoms with Crippen molar-refractivity contribution < 1.29 is 4.42 Å². The second-order valence-electron chi connectivity index (χ2n) is 13.2. The molecule has 0 unspecified atom stereocenters. The van der Waals surface area contributed by atoms with E-state index in [1.165, 1.54) is 87.6 Å². The Labute approximate surface area is 267 Å². The lowest BCUT2D eigenvalue weighted by Crippen LogP contribution is -2.14. The summed E-state index contributed by atoms with van der Waals surface area (Å²) in [6.07, 6.45) is 0. The fraction of sp³-hybridized carbons (Fsp3) is 0.0667. The molecule has 1 nitrogen and oxygen atoms in total. The summed E-state index contributed by atoms with van der Waals surface area (Å²) >= 11 is 0. The normalized spacial score (nSPS) is 13.6. The molecule has 8 aromatic carbocycles. The molecule has 46 heavy (non-hydrogen) atoms. The minimum atomic E-state index is -0.0613. The van der Waals surface area contributed by atoms with Crippen LogP contribution < -0.4 is 0 Å². The Morgan fingerprint density at radius 1 is 0.370 bits per heavy atom. The Morgan fingerprint density at radius 2 is 0.891 bits per heavy atom. The van der Waals surface area contributed by atoms with Crippen LogP contribution in [0.4, 0.5) is 0 Å². The largest absolute Gasteiger partial charge is 0.456 e. The van der Waals surface area contributed by atoms with Crippen LogP contribution in [-0.2, 0) is 5.41 Å². The fourth-order valence-corrected chi connectivity index (χ4v) is 8.47. The average Bonchev–Trinajstić information content (AvgIpc) is 3.60. The molecule has 0 radical (unpaired) electrons. The number of hydrogen-bond donors (Lipinski definition) is 0. The van der Waals surface area contributed by atoms with E-state index in [4.69, 9.17) is 4.42 Å². The third kappa shape index (κ3) is 3.30. The van der Waals surface area contributed by atoms with Crippen molar-refractivity contribution in [1.29, 1.82) is 0 Å². The van der Waals surface area contributed by atoms with Gasteiger partial charge in [-0.15, -0.1) is 0 Å². The maximum Gasteiger partial charge on any atom is 0.136 e. The molecule has 1 heterocycles. The smallest absolute Gasteiger partial charge is 0.136 e. The minimum Gasteiger partial charge on any atom is -0.456 e. The average molecular weight is 587 g/mol. The van der Waals surface area contributed by atoms with Crippen molar-refractivity contribution in [3.8, 4) is 33.4 Å². The van der Waals surface area contributed by atoms with Crippen molar-refractivity contribution in [2.75, 3.05) is 0 Å². The summed E-state index contributed by atoms with van der Waals surface area (Å²) < 4.78 is 6.54. The van der Waals surface area contributed by atoms with Gasteiger partial charge in [0.2, 0.25) is 0 Å². The monoisotopic (exact) mass is 586 g/mol. The highest BCUT2D eigenvalue weighted by Gasteiger charge is 2.37. The Balaban J connectivity index is 1.37. The molecule has 1 aliphatic rings. The zero-order valence-corrected chi connectivity index (χ0v) is 25.8. The maximum atomic E-state index is 6.54. The summed E-state index contributed by atoms with van der Waals surface area (Å²) in [5.74, 6) is 0. The van der Waals surface area contributed by atoms with Crippen LogP contribution in [-0.4, -0.2) is 0 Å². The van der Waals surface area contributed by atoms with Gasteiger partial charge in [0.05, 0.1) is 0 Å². The number of hydrogen-bond acceptors (Lipinski definition) is 1. The molecule has 9 aromatic rings. The van der Waals surface area contributed by atoms with E-state index in [0.29, 0.717) is 0 Å². The molecule has 1 aromatic heterocycles. The quantitative estimate of drug-likeness (QED) is 0.184. The van der Waals surface area contributed by atoms with Crippen molar-refractivity contribution in [3.63, 3.8) is 0 Å². The van der Waals surface area contributed by atoms with Crippen LogP contribution in [0.1, 0.15) is 25.0 Å². The van der Waals surface area contributed by atoms with Gasteiger partial charge in [-0.05, 0) is 89.0 Å². The lowest BCUT2D eigenvalue weighted by Gasteiger charge is -2.22. The van der Waals surface area contributed by atoms with Crippen molar-refractivity contribution in [3.05, 3.63) is 157 Å². The fourth-order valence-electron chi connectivity index (χ4n) is 8.47. The van der Waals surface area contributed by atoms with E-state index in [2.05, 4.69) is 159 Å². The molecule has 1 heteroatoms. The van der Waals surface area contributed by atoms with E-state index in [1.807, 2.05) is 0 Å². The van der Waals surface area contributed by atoms with E-state index < -0.39 is 0 Å². The van der Waals surface area contributed by atoms with Gasteiger partial charge < -0.3 is 4.42 Å². The van der Waals surface area contributed by atoms with Crippen LogP contribution >= 0.6 is 0 Å². The Hall–Kier alpha value is -5.66. The lowest BCUT2D eigenvalue weighted by atomic mass is 9.80. The topological polar surface area (TPSA) is 13.1 Å². The summed E-state index contributed by atoms with van der Waals surface area (Å²) in [4.78, 5) is 0. The van der Waals surface area contributed by atoms with Crippen molar-refractivity contribution in [2.24, 2.45) is 0 Å². The van der Waals surface area contributed by atoms with Crippen LogP contribution in [0.5, 0.6) is 0 Å². The lowest BCUT2D eigenvalue weighted by molar-refractivity contribution is 0.660. The first-order valence-electron chi connectivity index (χ1n) is 16.1. The SMILES string of the molecule is CC1(C)c2ccccc2-c2c(-c3c4ccccc4c(-c4cccc5oc6ccc7ccccc7c6c45)c4ccccc34)cccc21. The van der Waals surface area contributed by atoms with Gasteiger partial charge in [0.15, 0.2) is 0 Å². The zero-order chi connectivity index (χ0) is 30.6. The predicted molar refractivity (Wildman–Crippen MR) is 195 cm³/mol. The molecule has 0 aliphatic heterocycles. The molecule has 0 N–H and O–H groups in total. The first kappa shape index (κ1) is 25.6. The highest BCUT2D eigenvalue weighted by atomic mass is 16.3. The number of rotatable bonds is 2. The van der Waals surface area contributed by atoms with Crippen LogP contribution in [0.15, 0.2) is 150 Å². The second kappa shape index (κ2) is 9.19. The van der Waals surface area contributed by atoms with Crippen molar-refractivity contribution >= 4 is 54.3 Å². The highest BCUT2D eigenvalue weighted by molar-refractivity contribution is 6.29. The van der Waals surface area contributed by atoms with Gasteiger partial charge in [-0.3, -0.25) is 0 Å². The van der Waals surface area contributed by atoms with E-state index in [0.717, 1.165) is 11.2 Å². The van der Waals surface area contributed by atoms with Gasteiger partial charge in [0.25, 0.3) is 0 Å². The Morgan fingerprint density at radius 3 is 1.63 bits per heavy atom. The number of fused-ring (bicyclic) bond motifs is 10. The minimum absolute atomic E-state index is 0.0613. The molecule has 0 bridgehead atoms. The summed E-state index contributed by atoms with van der Waals surface area (Å²) in [5.41, 5.74) is 12.3. The molecule has 1 aliphatic carbocycles. The standard InChI is InChI=1S/C45H30O/c1-45(2)36-22-10-9-19-33(36)42-34(20-11-23-37(42)45)40-29-15-5-7-17-31(29)41(32-18-8-6-16-30(32)40)35-21-12-24-38-44(35)43-28-14-4-3-13-27(28)25-26-39(43)46-38/h3-26H,1-2H3. The van der Waals surface area contributed by atoms with E-state index in [1.54, 1.807) is 0 Å². The third-order valence-corrected chi connectivity index (χ3v) is 10.5. The first-order valence-corrected chi connectivity index (χ1v) is 16.1. The molecular formula is C45H30O. The van der Waals surface area contributed by atoms with Gasteiger partial charge in [-0.2, -0.15) is 0 Å². The molecule has 0 amide bonds. The van der Waals surface area contributed by atoms with Crippen LogP contribution in [0.3, 0.4) is 0 Å². The van der Waals surface area contributed by atoms with Crippen LogP contribution in [0.2, 0.25) is 0 Å². The molecule has 0 spiro atoms. The Kier molecular flexibility index (Phi) is 5.12. The molecule has 0 atom stereocenters. The number of furan rings is 1. The summed E-state index contributed by atoms with van der Waals surface area (Å²) in [6.45, 7) is 4.72. The van der Waals surface area contributed by atoms with Gasteiger partial charge >= 0.3 is 0 Å². The van der Waals surface area contributed by atoms with Gasteiger partial charge in [0.1, 0.15) is 11.2 Å².